The molecule has 0 spiro atoms. The van der Waals surface area contributed by atoms with Gasteiger partial charge in [-0.3, -0.25) is 40.5 Å². The zero-order valence-corrected chi connectivity index (χ0v) is 30.8. The molecule has 0 aliphatic carbocycles. The van der Waals surface area contributed by atoms with Crippen molar-refractivity contribution < 1.29 is 38.8 Å². The Labute approximate surface area is 307 Å². The maximum absolute atomic E-state index is 12.9. The predicted molar refractivity (Wildman–Crippen MR) is 185 cm³/mol. The summed E-state index contributed by atoms with van der Waals surface area (Å²) in [7, 11) is 0. The molecule has 0 amide bonds. The van der Waals surface area contributed by atoms with Crippen LogP contribution in [0.5, 0.6) is 11.5 Å². The first-order valence-corrected chi connectivity index (χ1v) is 16.3. The number of esters is 2. The van der Waals surface area contributed by atoms with E-state index in [0.29, 0.717) is 11.1 Å². The smallest absolute Gasteiger partial charge is 0.344 e. The van der Waals surface area contributed by atoms with Gasteiger partial charge >= 0.3 is 11.9 Å². The fourth-order valence-electron chi connectivity index (χ4n) is 4.35. The Kier molecular flexibility index (Phi) is 11.0. The van der Waals surface area contributed by atoms with Gasteiger partial charge in [0.15, 0.2) is 11.5 Å². The van der Waals surface area contributed by atoms with E-state index in [9.17, 15) is 50.0 Å². The summed E-state index contributed by atoms with van der Waals surface area (Å²) < 4.78 is 12.1. The van der Waals surface area contributed by atoms with Crippen molar-refractivity contribution in [3.63, 3.8) is 0 Å². The van der Waals surface area contributed by atoms with Crippen molar-refractivity contribution in [2.45, 2.75) is 19.3 Å². The summed E-state index contributed by atoms with van der Waals surface area (Å²) in [5.74, 6) is -2.19. The molecule has 20 heteroatoms. The molecule has 252 valence electrons. The number of hydrogen-bond donors (Lipinski definition) is 0. The number of nitro groups is 4. The van der Waals surface area contributed by atoms with Crippen molar-refractivity contribution >= 4 is 98.4 Å². The molecule has 4 rings (SSSR count). The molecule has 16 nitrogen and oxygen atoms in total. The lowest BCUT2D eigenvalue weighted by Crippen LogP contribution is -2.20. The molecule has 4 aromatic rings. The summed E-state index contributed by atoms with van der Waals surface area (Å²) in [5, 5.41) is 45.0. The highest BCUT2D eigenvalue weighted by molar-refractivity contribution is 9.11. The fraction of sp³-hybridized carbons (Fsp3) is 0.103. The number of rotatable bonds is 10. The minimum Gasteiger partial charge on any atom is -0.420 e. The normalized spacial score (nSPS) is 11.1. The summed E-state index contributed by atoms with van der Waals surface area (Å²) in [4.78, 5) is 67.3. The molecule has 0 heterocycles. The molecule has 0 atom stereocenters. The fourth-order valence-corrected chi connectivity index (χ4v) is 7.05. The van der Waals surface area contributed by atoms with Crippen LogP contribution < -0.4 is 9.47 Å². The first-order chi connectivity index (χ1) is 22.8. The van der Waals surface area contributed by atoms with E-state index in [4.69, 9.17) is 9.47 Å². The van der Waals surface area contributed by atoms with E-state index in [-0.39, 0.29) is 29.4 Å². The largest absolute Gasteiger partial charge is 0.420 e. The Morgan fingerprint density at radius 3 is 0.980 bits per heavy atom. The van der Waals surface area contributed by atoms with Gasteiger partial charge in [-0.2, -0.15) is 0 Å². The highest BCUT2D eigenvalue weighted by Gasteiger charge is 2.30. The zero-order chi connectivity index (χ0) is 36.5. The Hall–Kier alpha value is -4.66. The molecule has 4 aromatic carbocycles. The lowest BCUT2D eigenvalue weighted by Gasteiger charge is -2.28. The maximum atomic E-state index is 12.9. The van der Waals surface area contributed by atoms with Crippen LogP contribution in [-0.4, -0.2) is 31.6 Å². The van der Waals surface area contributed by atoms with Crippen LogP contribution in [0.4, 0.5) is 22.7 Å². The third-order valence-electron chi connectivity index (χ3n) is 6.95. The molecule has 0 aromatic heterocycles. The van der Waals surface area contributed by atoms with Crippen molar-refractivity contribution in [2.75, 3.05) is 0 Å². The van der Waals surface area contributed by atoms with Gasteiger partial charge in [-0.15, -0.1) is 0 Å². The van der Waals surface area contributed by atoms with Crippen molar-refractivity contribution in [1.82, 2.24) is 0 Å². The van der Waals surface area contributed by atoms with Gasteiger partial charge in [0, 0.05) is 29.7 Å². The van der Waals surface area contributed by atoms with Crippen LogP contribution in [0.15, 0.2) is 78.6 Å². The van der Waals surface area contributed by atoms with Gasteiger partial charge < -0.3 is 9.47 Å². The summed E-state index contributed by atoms with van der Waals surface area (Å²) in [6, 6.07) is 11.5. The second kappa shape index (κ2) is 14.4. The number of non-ortho nitro benzene ring substituents is 4. The Morgan fingerprint density at radius 2 is 0.755 bits per heavy atom. The Morgan fingerprint density at radius 1 is 0.510 bits per heavy atom. The van der Waals surface area contributed by atoms with E-state index in [1.54, 1.807) is 24.3 Å². The highest BCUT2D eigenvalue weighted by atomic mass is 79.9. The number of ether oxygens (including phenoxy) is 2. The van der Waals surface area contributed by atoms with E-state index in [0.717, 1.165) is 36.4 Å². The van der Waals surface area contributed by atoms with Crippen LogP contribution in [0.3, 0.4) is 0 Å². The molecule has 0 fully saturated rings. The zero-order valence-electron chi connectivity index (χ0n) is 24.5. The van der Waals surface area contributed by atoms with Crippen LogP contribution in [-0.2, 0) is 5.41 Å². The van der Waals surface area contributed by atoms with Crippen LogP contribution in [0, 0.1) is 40.5 Å². The lowest BCUT2D eigenvalue weighted by molar-refractivity contribution is -0.394. The highest BCUT2D eigenvalue weighted by Crippen LogP contribution is 2.44. The van der Waals surface area contributed by atoms with Crippen molar-refractivity contribution in [1.29, 1.82) is 0 Å². The van der Waals surface area contributed by atoms with Gasteiger partial charge in [0.25, 0.3) is 22.7 Å². The summed E-state index contributed by atoms with van der Waals surface area (Å²) in [6.45, 7) is 3.72. The van der Waals surface area contributed by atoms with Crippen molar-refractivity contribution in [2.24, 2.45) is 0 Å². The van der Waals surface area contributed by atoms with E-state index in [1.165, 1.54) is 0 Å². The molecule has 49 heavy (non-hydrogen) atoms. The van der Waals surface area contributed by atoms with E-state index < -0.39 is 70.9 Å². The Bertz CT molecular complexity index is 1870. The molecule has 0 radical (unpaired) electrons. The average Bonchev–Trinajstić information content (AvgIpc) is 3.03. The molecular formula is C29H16Br4N4O12. The summed E-state index contributed by atoms with van der Waals surface area (Å²) >= 11 is 13.5. The molecular weight excluding hydrogens is 916 g/mol. The number of nitrogens with zero attached hydrogens (tertiary/aromatic N) is 4. The minimum absolute atomic E-state index is 0.00952. The van der Waals surface area contributed by atoms with E-state index in [1.807, 2.05) is 13.8 Å². The second-order valence-electron chi connectivity index (χ2n) is 10.4. The van der Waals surface area contributed by atoms with Crippen molar-refractivity contribution in [3.05, 3.63) is 141 Å². The van der Waals surface area contributed by atoms with Gasteiger partial charge in [-0.25, -0.2) is 9.59 Å². The topological polar surface area (TPSA) is 225 Å². The van der Waals surface area contributed by atoms with Gasteiger partial charge in [0.2, 0.25) is 0 Å². The van der Waals surface area contributed by atoms with E-state index >= 15 is 0 Å². The number of halogens is 4. The van der Waals surface area contributed by atoms with Crippen LogP contribution in [0.2, 0.25) is 0 Å². The predicted octanol–water partition coefficient (Wildman–Crippen LogP) is 9.13. The van der Waals surface area contributed by atoms with Crippen LogP contribution >= 0.6 is 63.7 Å². The third kappa shape index (κ3) is 8.15. The molecule has 0 N–H and O–H groups in total. The van der Waals surface area contributed by atoms with Crippen LogP contribution in [0.1, 0.15) is 45.7 Å². The third-order valence-corrected chi connectivity index (χ3v) is 9.31. The van der Waals surface area contributed by atoms with Gasteiger partial charge in [-0.1, -0.05) is 13.8 Å². The van der Waals surface area contributed by atoms with Gasteiger partial charge in [0.05, 0.1) is 60.8 Å². The Balaban J connectivity index is 1.63. The maximum Gasteiger partial charge on any atom is 0.344 e. The first kappa shape index (κ1) is 37.2. The quantitative estimate of drug-likeness (QED) is 0.0628. The number of carbonyl (C=O) groups excluding carboxylic acids is 2. The molecule has 0 unspecified atom stereocenters. The lowest BCUT2D eigenvalue weighted by atomic mass is 9.78. The number of carbonyl (C=O) groups is 2. The summed E-state index contributed by atoms with van der Waals surface area (Å²) in [6.07, 6.45) is 0. The molecule has 0 bridgehead atoms. The minimum atomic E-state index is -1.09. The molecule has 0 aliphatic heterocycles. The second-order valence-corrected chi connectivity index (χ2v) is 13.9. The average molecular weight is 932 g/mol. The summed E-state index contributed by atoms with van der Waals surface area (Å²) in [5.41, 5.74) is -2.93. The number of hydrogen-bond acceptors (Lipinski definition) is 12. The molecule has 0 saturated heterocycles. The molecule has 0 aliphatic rings. The van der Waals surface area contributed by atoms with Gasteiger partial charge in [-0.05, 0) is 99.1 Å². The standard InChI is InChI=1S/C29H16Br4N4O12/c1-29(2,15-7-21(30)25(22(31)8-15)48-27(38)13-3-17(34(40)41)11-18(4-13)35(42)43)16-9-23(32)26(24(33)10-16)49-28(39)14-5-19(36(44)45)12-20(6-14)37(46)47/h3-12H,1-2H3. The number of benzene rings is 4. The first-order valence-electron chi connectivity index (χ1n) is 13.1. The van der Waals surface area contributed by atoms with Crippen molar-refractivity contribution in [3.8, 4) is 11.5 Å². The SMILES string of the molecule is CC(C)(c1cc(Br)c(OC(=O)c2cc([N+](=O)[O-])cc([N+](=O)[O-])c2)c(Br)c1)c1cc(Br)c(OC(=O)c2cc([N+](=O)[O-])cc([N+](=O)[O-])c2)c(Br)c1. The van der Waals surface area contributed by atoms with E-state index in [2.05, 4.69) is 63.7 Å². The van der Waals surface area contributed by atoms with Crippen LogP contribution in [0.25, 0.3) is 0 Å². The van der Waals surface area contributed by atoms with Gasteiger partial charge in [0.1, 0.15) is 0 Å². The number of nitro benzene ring substituents is 4. The monoisotopic (exact) mass is 928 g/mol. The molecule has 0 saturated carbocycles.